The molecule has 3 rings (SSSR count). The molecule has 1 amide bonds. The first-order valence-corrected chi connectivity index (χ1v) is 12.5. The van der Waals surface area contributed by atoms with Crippen LogP contribution in [0.1, 0.15) is 68.6 Å². The number of amides is 1. The molecule has 1 aromatic rings. The summed E-state index contributed by atoms with van der Waals surface area (Å²) in [5.41, 5.74) is 0.0645. The van der Waals surface area contributed by atoms with Gasteiger partial charge in [-0.3, -0.25) is 4.79 Å². The number of rotatable bonds is 7. The summed E-state index contributed by atoms with van der Waals surface area (Å²) in [6.45, 7) is 2.40. The van der Waals surface area contributed by atoms with Crippen molar-refractivity contribution < 1.29 is 27.5 Å². The van der Waals surface area contributed by atoms with E-state index in [4.69, 9.17) is 9.47 Å². The highest BCUT2D eigenvalue weighted by Gasteiger charge is 2.30. The maximum atomic E-state index is 13.2. The Morgan fingerprint density at radius 1 is 1.06 bits per heavy atom. The summed E-state index contributed by atoms with van der Waals surface area (Å²) in [6, 6.07) is 4.30. The first-order chi connectivity index (χ1) is 14.8. The smallest absolute Gasteiger partial charge is 0.338 e. The zero-order chi connectivity index (χ0) is 22.4. The van der Waals surface area contributed by atoms with Crippen molar-refractivity contribution in [3.8, 4) is 5.75 Å². The minimum absolute atomic E-state index is 0.0607. The number of carbonyl (C=O) groups is 2. The molecule has 1 saturated heterocycles. The SMILES string of the molecule is COc1ccc(C(=O)O[C@@H](C)C(=O)NC2CCCC2)cc1S(=O)(=O)N1CCCCCC1. The minimum atomic E-state index is -3.82. The van der Waals surface area contributed by atoms with E-state index < -0.39 is 22.1 Å². The van der Waals surface area contributed by atoms with Gasteiger partial charge >= 0.3 is 5.97 Å². The molecule has 9 heteroatoms. The number of benzene rings is 1. The van der Waals surface area contributed by atoms with Crippen LogP contribution in [0.2, 0.25) is 0 Å². The molecule has 0 radical (unpaired) electrons. The normalized spacial score (nSPS) is 19.4. The minimum Gasteiger partial charge on any atom is -0.495 e. The van der Waals surface area contributed by atoms with Gasteiger partial charge in [0.1, 0.15) is 10.6 Å². The maximum Gasteiger partial charge on any atom is 0.338 e. The van der Waals surface area contributed by atoms with E-state index in [0.717, 1.165) is 51.4 Å². The Hall–Kier alpha value is -2.13. The third kappa shape index (κ3) is 5.77. The summed E-state index contributed by atoms with van der Waals surface area (Å²) in [6.07, 6.45) is 6.66. The van der Waals surface area contributed by atoms with Crippen LogP contribution in [0, 0.1) is 0 Å². The Morgan fingerprint density at radius 3 is 2.32 bits per heavy atom. The van der Waals surface area contributed by atoms with Gasteiger partial charge in [-0.1, -0.05) is 25.7 Å². The van der Waals surface area contributed by atoms with Gasteiger partial charge in [-0.25, -0.2) is 13.2 Å². The summed E-state index contributed by atoms with van der Waals surface area (Å²) >= 11 is 0. The number of nitrogens with zero attached hydrogens (tertiary/aromatic N) is 1. The molecule has 0 aromatic heterocycles. The second-order valence-electron chi connectivity index (χ2n) is 8.22. The molecular formula is C22H32N2O6S. The van der Waals surface area contributed by atoms with Crippen LogP contribution in [0.4, 0.5) is 0 Å². The summed E-state index contributed by atoms with van der Waals surface area (Å²) in [4.78, 5) is 24.9. The highest BCUT2D eigenvalue weighted by atomic mass is 32.2. The quantitative estimate of drug-likeness (QED) is 0.639. The molecule has 2 aliphatic rings. The van der Waals surface area contributed by atoms with Crippen molar-refractivity contribution in [3.05, 3.63) is 23.8 Å². The standard InChI is InChI=1S/C22H32N2O6S/c1-16(21(25)23-18-9-5-6-10-18)30-22(26)17-11-12-19(29-2)20(15-17)31(27,28)24-13-7-3-4-8-14-24/h11-12,15-16,18H,3-10,13-14H2,1-2H3,(H,23,25)/t16-/m0/s1. The molecule has 172 valence electrons. The lowest BCUT2D eigenvalue weighted by molar-refractivity contribution is -0.129. The van der Waals surface area contributed by atoms with E-state index in [0.29, 0.717) is 13.1 Å². The molecule has 1 aliphatic heterocycles. The van der Waals surface area contributed by atoms with Crippen LogP contribution >= 0.6 is 0 Å². The molecule has 8 nitrogen and oxygen atoms in total. The average Bonchev–Trinajstić information content (AvgIpc) is 3.10. The number of esters is 1. The summed E-state index contributed by atoms with van der Waals surface area (Å²) < 4.78 is 38.5. The van der Waals surface area contributed by atoms with Gasteiger partial charge in [0.25, 0.3) is 5.91 Å². The van der Waals surface area contributed by atoms with Crippen molar-refractivity contribution in [2.75, 3.05) is 20.2 Å². The topological polar surface area (TPSA) is 102 Å². The molecule has 1 saturated carbocycles. The van der Waals surface area contributed by atoms with E-state index >= 15 is 0 Å². The molecule has 1 aromatic carbocycles. The Balaban J connectivity index is 1.75. The molecule has 0 bridgehead atoms. The molecular weight excluding hydrogens is 420 g/mol. The molecule has 1 aliphatic carbocycles. The van der Waals surface area contributed by atoms with Gasteiger partial charge in [-0.15, -0.1) is 0 Å². The zero-order valence-corrected chi connectivity index (χ0v) is 19.1. The van der Waals surface area contributed by atoms with Gasteiger partial charge in [-0.2, -0.15) is 4.31 Å². The third-order valence-corrected chi connectivity index (χ3v) is 7.86. The fourth-order valence-electron chi connectivity index (χ4n) is 4.10. The highest BCUT2D eigenvalue weighted by Crippen LogP contribution is 2.29. The summed E-state index contributed by atoms with van der Waals surface area (Å²) in [5, 5.41) is 2.90. The predicted molar refractivity (Wildman–Crippen MR) is 115 cm³/mol. The monoisotopic (exact) mass is 452 g/mol. The maximum absolute atomic E-state index is 13.2. The molecule has 1 atom stereocenters. The summed E-state index contributed by atoms with van der Waals surface area (Å²) in [5.74, 6) is -0.914. The van der Waals surface area contributed by atoms with E-state index in [-0.39, 0.29) is 28.2 Å². The van der Waals surface area contributed by atoms with E-state index in [1.54, 1.807) is 0 Å². The van der Waals surface area contributed by atoms with Crippen LogP contribution in [0.15, 0.2) is 23.1 Å². The van der Waals surface area contributed by atoms with E-state index in [9.17, 15) is 18.0 Å². The molecule has 0 unspecified atom stereocenters. The number of hydrogen-bond donors (Lipinski definition) is 1. The Bertz CT molecular complexity index is 887. The molecule has 1 heterocycles. The second-order valence-corrected chi connectivity index (χ2v) is 10.1. The number of nitrogens with one attached hydrogen (secondary N) is 1. The Morgan fingerprint density at radius 2 is 1.71 bits per heavy atom. The van der Waals surface area contributed by atoms with Gasteiger partial charge in [0, 0.05) is 19.1 Å². The van der Waals surface area contributed by atoms with Crippen LogP contribution in [0.5, 0.6) is 5.75 Å². The van der Waals surface area contributed by atoms with Gasteiger partial charge in [0.05, 0.1) is 12.7 Å². The number of ether oxygens (including phenoxy) is 2. The third-order valence-electron chi connectivity index (χ3n) is 5.94. The van der Waals surface area contributed by atoms with Gasteiger partial charge in [0.15, 0.2) is 6.10 Å². The average molecular weight is 453 g/mol. The van der Waals surface area contributed by atoms with Gasteiger partial charge in [-0.05, 0) is 50.8 Å². The lowest BCUT2D eigenvalue weighted by Crippen LogP contribution is -2.40. The van der Waals surface area contributed by atoms with Crippen molar-refractivity contribution in [3.63, 3.8) is 0 Å². The van der Waals surface area contributed by atoms with Crippen LogP contribution in [-0.2, 0) is 19.6 Å². The van der Waals surface area contributed by atoms with Crippen molar-refractivity contribution in [1.29, 1.82) is 0 Å². The lowest BCUT2D eigenvalue weighted by Gasteiger charge is -2.22. The van der Waals surface area contributed by atoms with Crippen molar-refractivity contribution in [2.45, 2.75) is 75.3 Å². The number of hydrogen-bond acceptors (Lipinski definition) is 6. The number of methoxy groups -OCH3 is 1. The van der Waals surface area contributed by atoms with E-state index in [1.807, 2.05) is 0 Å². The number of carbonyl (C=O) groups excluding carboxylic acids is 2. The predicted octanol–water partition coefficient (Wildman–Crippen LogP) is 2.86. The molecule has 2 fully saturated rings. The summed E-state index contributed by atoms with van der Waals surface area (Å²) in [7, 11) is -2.43. The van der Waals surface area contributed by atoms with Crippen LogP contribution in [-0.4, -0.2) is 56.9 Å². The van der Waals surface area contributed by atoms with Crippen molar-refractivity contribution >= 4 is 21.9 Å². The Labute approximate surface area is 184 Å². The number of sulfonamides is 1. The van der Waals surface area contributed by atoms with Gasteiger partial charge < -0.3 is 14.8 Å². The van der Waals surface area contributed by atoms with Crippen LogP contribution < -0.4 is 10.1 Å². The Kier molecular flexibility index (Phi) is 7.94. The highest BCUT2D eigenvalue weighted by molar-refractivity contribution is 7.89. The van der Waals surface area contributed by atoms with Crippen molar-refractivity contribution in [1.82, 2.24) is 9.62 Å². The van der Waals surface area contributed by atoms with E-state index in [1.165, 1.54) is 36.5 Å². The largest absolute Gasteiger partial charge is 0.495 e. The molecule has 31 heavy (non-hydrogen) atoms. The van der Waals surface area contributed by atoms with E-state index in [2.05, 4.69) is 5.32 Å². The fraction of sp³-hybridized carbons (Fsp3) is 0.636. The fourth-order valence-corrected chi connectivity index (χ4v) is 5.80. The van der Waals surface area contributed by atoms with Crippen LogP contribution in [0.25, 0.3) is 0 Å². The van der Waals surface area contributed by atoms with Crippen molar-refractivity contribution in [2.24, 2.45) is 0 Å². The zero-order valence-electron chi connectivity index (χ0n) is 18.3. The first kappa shape index (κ1) is 23.5. The molecule has 0 spiro atoms. The first-order valence-electron chi connectivity index (χ1n) is 11.0. The van der Waals surface area contributed by atoms with Gasteiger partial charge in [0.2, 0.25) is 10.0 Å². The lowest BCUT2D eigenvalue weighted by atomic mass is 10.2. The second kappa shape index (κ2) is 10.5. The molecule has 1 N–H and O–H groups in total. The van der Waals surface area contributed by atoms with Crippen LogP contribution in [0.3, 0.4) is 0 Å².